The SMILES string of the molecule is CC(N)[NH+](C(C)N)C(C)N. The summed E-state index contributed by atoms with van der Waals surface area (Å²) in [5.74, 6) is 0. The van der Waals surface area contributed by atoms with E-state index < -0.39 is 0 Å². The van der Waals surface area contributed by atoms with E-state index in [1.54, 1.807) is 0 Å². The molecule has 0 rings (SSSR count). The zero-order valence-corrected chi connectivity index (χ0v) is 6.96. The van der Waals surface area contributed by atoms with Crippen LogP contribution < -0.4 is 22.1 Å². The van der Waals surface area contributed by atoms with Crippen molar-refractivity contribution in [2.75, 3.05) is 0 Å². The van der Waals surface area contributed by atoms with Crippen LogP contribution in [0.1, 0.15) is 20.8 Å². The first kappa shape index (κ1) is 9.84. The molecule has 0 aromatic rings. The largest absolute Gasteiger partial charge is 0.292 e. The highest BCUT2D eigenvalue weighted by molar-refractivity contribution is 4.41. The molecule has 0 radical (unpaired) electrons. The molecule has 3 unspecified atom stereocenters. The molecule has 0 spiro atoms. The average molecular weight is 147 g/mol. The van der Waals surface area contributed by atoms with E-state index in [0.29, 0.717) is 0 Å². The molecule has 7 N–H and O–H groups in total. The van der Waals surface area contributed by atoms with E-state index in [1.807, 2.05) is 20.8 Å². The van der Waals surface area contributed by atoms with Gasteiger partial charge in [0.15, 0.2) is 0 Å². The Bertz CT molecular complexity index is 70.7. The van der Waals surface area contributed by atoms with Crippen LogP contribution in [0.25, 0.3) is 0 Å². The molecule has 0 aliphatic heterocycles. The number of quaternary nitrogens is 1. The fourth-order valence-electron chi connectivity index (χ4n) is 1.24. The molecule has 0 saturated carbocycles. The first-order chi connectivity index (χ1) is 4.46. The molecule has 0 amide bonds. The zero-order chi connectivity index (χ0) is 8.31. The van der Waals surface area contributed by atoms with Gasteiger partial charge in [0.2, 0.25) is 0 Å². The van der Waals surface area contributed by atoms with Crippen molar-refractivity contribution in [3.05, 3.63) is 0 Å². The van der Waals surface area contributed by atoms with Gasteiger partial charge in [0.25, 0.3) is 0 Å². The van der Waals surface area contributed by atoms with Crippen LogP contribution in [0.3, 0.4) is 0 Å². The fraction of sp³-hybridized carbons (Fsp3) is 1.00. The van der Waals surface area contributed by atoms with Gasteiger partial charge in [-0.25, -0.2) is 0 Å². The molecule has 0 aromatic heterocycles. The van der Waals surface area contributed by atoms with Crippen molar-refractivity contribution in [1.82, 2.24) is 0 Å². The lowest BCUT2D eigenvalue weighted by molar-refractivity contribution is -0.967. The van der Waals surface area contributed by atoms with Crippen molar-refractivity contribution in [3.8, 4) is 0 Å². The van der Waals surface area contributed by atoms with Crippen molar-refractivity contribution in [2.45, 2.75) is 39.3 Å². The summed E-state index contributed by atoms with van der Waals surface area (Å²) in [6.45, 7) is 5.71. The Balaban J connectivity index is 3.98. The molecule has 0 aliphatic rings. The molecule has 0 heterocycles. The highest BCUT2D eigenvalue weighted by Gasteiger charge is 2.20. The summed E-state index contributed by atoms with van der Waals surface area (Å²) in [6, 6.07) is 0. The third-order valence-corrected chi connectivity index (χ3v) is 1.58. The molecule has 10 heavy (non-hydrogen) atoms. The molecule has 0 aromatic carbocycles. The van der Waals surface area contributed by atoms with Gasteiger partial charge in [0, 0.05) is 20.8 Å². The number of nitrogens with one attached hydrogen (secondary N) is 1. The summed E-state index contributed by atoms with van der Waals surface area (Å²) in [5.41, 5.74) is 16.9. The van der Waals surface area contributed by atoms with Crippen LogP contribution in [0, 0.1) is 0 Å². The van der Waals surface area contributed by atoms with Gasteiger partial charge in [0.05, 0.1) is 0 Å². The molecule has 0 fully saturated rings. The number of hydrogen-bond acceptors (Lipinski definition) is 3. The molecule has 62 valence electrons. The number of rotatable bonds is 3. The van der Waals surface area contributed by atoms with Gasteiger partial charge in [-0.05, 0) is 0 Å². The minimum atomic E-state index is -0.000000000000000444. The third kappa shape index (κ3) is 2.62. The highest BCUT2D eigenvalue weighted by Crippen LogP contribution is 1.67. The minimum Gasteiger partial charge on any atom is -0.292 e. The van der Waals surface area contributed by atoms with Crippen molar-refractivity contribution in [3.63, 3.8) is 0 Å². The number of hydrogen-bond donors (Lipinski definition) is 4. The minimum absolute atomic E-state index is 0.000000000000000222. The summed E-state index contributed by atoms with van der Waals surface area (Å²) in [7, 11) is 0. The van der Waals surface area contributed by atoms with Crippen LogP contribution >= 0.6 is 0 Å². The van der Waals surface area contributed by atoms with Gasteiger partial charge in [-0.2, -0.15) is 0 Å². The maximum absolute atomic E-state index is 5.64. The Morgan fingerprint density at radius 3 is 1.00 bits per heavy atom. The van der Waals surface area contributed by atoms with Crippen LogP contribution in [0.15, 0.2) is 0 Å². The lowest BCUT2D eigenvalue weighted by Gasteiger charge is -2.29. The van der Waals surface area contributed by atoms with Crippen molar-refractivity contribution in [1.29, 1.82) is 0 Å². The standard InChI is InChI=1S/C6H18N4/c1-4(7)10(5(2)8)6(3)9/h4-6H,7-9H2,1-3H3/p+1. The van der Waals surface area contributed by atoms with Gasteiger partial charge in [-0.1, -0.05) is 0 Å². The second-order valence-electron chi connectivity index (χ2n) is 2.87. The van der Waals surface area contributed by atoms with Crippen LogP contribution in [0.5, 0.6) is 0 Å². The molecule has 0 bridgehead atoms. The van der Waals surface area contributed by atoms with Gasteiger partial charge < -0.3 is 0 Å². The summed E-state index contributed by atoms with van der Waals surface area (Å²) in [6.07, 6.45) is -0.00000000000000111. The monoisotopic (exact) mass is 147 g/mol. The molecule has 4 nitrogen and oxygen atoms in total. The van der Waals surface area contributed by atoms with E-state index in [2.05, 4.69) is 0 Å². The Labute approximate surface area is 62.3 Å². The van der Waals surface area contributed by atoms with Gasteiger partial charge in [-0.3, -0.25) is 22.1 Å². The first-order valence-electron chi connectivity index (χ1n) is 3.60. The third-order valence-electron chi connectivity index (χ3n) is 1.58. The van der Waals surface area contributed by atoms with Gasteiger partial charge in [0.1, 0.15) is 18.5 Å². The zero-order valence-electron chi connectivity index (χ0n) is 6.96. The topological polar surface area (TPSA) is 82.5 Å². The summed E-state index contributed by atoms with van der Waals surface area (Å²) < 4.78 is 0. The Hall–Kier alpha value is -0.160. The molecule has 0 aliphatic carbocycles. The summed E-state index contributed by atoms with van der Waals surface area (Å²) in [4.78, 5) is 1.03. The molecular weight excluding hydrogens is 128 g/mol. The molecule has 4 heteroatoms. The van der Waals surface area contributed by atoms with Gasteiger partial charge in [-0.15, -0.1) is 0 Å². The maximum atomic E-state index is 5.64. The van der Waals surface area contributed by atoms with E-state index >= 15 is 0 Å². The van der Waals surface area contributed by atoms with Crippen molar-refractivity contribution < 1.29 is 4.90 Å². The smallest absolute Gasteiger partial charge is 0.138 e. The summed E-state index contributed by atoms with van der Waals surface area (Å²) in [5, 5.41) is 0. The lowest BCUT2D eigenvalue weighted by atomic mass is 10.3. The number of nitrogens with two attached hydrogens (primary N) is 3. The van der Waals surface area contributed by atoms with E-state index in [1.165, 1.54) is 0 Å². The Morgan fingerprint density at radius 1 is 0.800 bits per heavy atom. The normalized spacial score (nSPS) is 23.4. The van der Waals surface area contributed by atoms with Crippen molar-refractivity contribution >= 4 is 0 Å². The predicted molar refractivity (Wildman–Crippen MR) is 41.9 cm³/mol. The van der Waals surface area contributed by atoms with Gasteiger partial charge >= 0.3 is 0 Å². The quantitative estimate of drug-likeness (QED) is 0.341. The second-order valence-corrected chi connectivity index (χ2v) is 2.87. The summed E-state index contributed by atoms with van der Waals surface area (Å²) >= 11 is 0. The van der Waals surface area contributed by atoms with Crippen LogP contribution in [-0.2, 0) is 0 Å². The first-order valence-corrected chi connectivity index (χ1v) is 3.60. The molecular formula is C6H19N4+. The fourth-order valence-corrected chi connectivity index (χ4v) is 1.24. The van der Waals surface area contributed by atoms with Crippen LogP contribution in [0.4, 0.5) is 0 Å². The average Bonchev–Trinajstić information content (AvgIpc) is 1.59. The predicted octanol–water partition coefficient (Wildman–Crippen LogP) is -2.21. The lowest BCUT2D eigenvalue weighted by Crippen LogP contribution is -3.25. The van der Waals surface area contributed by atoms with Crippen molar-refractivity contribution in [2.24, 2.45) is 17.2 Å². The second kappa shape index (κ2) is 3.88. The highest BCUT2D eigenvalue weighted by atomic mass is 15.3. The Kier molecular flexibility index (Phi) is 3.81. The van der Waals surface area contributed by atoms with Crippen LogP contribution in [-0.4, -0.2) is 18.5 Å². The molecule has 0 saturated heterocycles. The Morgan fingerprint density at radius 2 is 1.00 bits per heavy atom. The van der Waals surface area contributed by atoms with E-state index in [0.717, 1.165) is 4.90 Å². The van der Waals surface area contributed by atoms with Crippen LogP contribution in [0.2, 0.25) is 0 Å². The van der Waals surface area contributed by atoms with E-state index in [9.17, 15) is 0 Å². The maximum Gasteiger partial charge on any atom is 0.138 e. The molecule has 3 atom stereocenters. The van der Waals surface area contributed by atoms with E-state index in [-0.39, 0.29) is 18.5 Å². The van der Waals surface area contributed by atoms with E-state index in [4.69, 9.17) is 17.2 Å².